The Morgan fingerprint density at radius 1 is 0.922 bits per heavy atom. The molecule has 0 aliphatic heterocycles. The molecule has 8 heteroatoms. The Bertz CT molecular complexity index is 1550. The van der Waals surface area contributed by atoms with Crippen molar-refractivity contribution in [1.82, 2.24) is 0 Å². The number of hydrogen-bond acceptors (Lipinski definition) is 7. The van der Waals surface area contributed by atoms with Gasteiger partial charge in [0.15, 0.2) is 6.10 Å². The highest BCUT2D eigenvalue weighted by molar-refractivity contribution is 6.99. The van der Waals surface area contributed by atoms with E-state index in [1.165, 1.54) is 30.0 Å². The zero-order chi connectivity index (χ0) is 36.9. The van der Waals surface area contributed by atoms with Gasteiger partial charge in [-0.3, -0.25) is 4.79 Å². The van der Waals surface area contributed by atoms with Crippen molar-refractivity contribution in [3.05, 3.63) is 72.3 Å². The normalized spacial score (nSPS) is 33.8. The molecule has 0 amide bonds. The van der Waals surface area contributed by atoms with E-state index in [9.17, 15) is 19.8 Å². The SMILES string of the molecule is COC(=O)[C@H](O)[C@@H](O)[C@@H](C)[C@H]1CC=C2[C@@H]3[C@H](OC(C)=O)C[C@@H]4C[C@H](O[Si](c5ccccc5)(c5ccccc5)C(C)(C)C)CC[C@]4(C)[C@H]3CC[C@@]21C. The van der Waals surface area contributed by atoms with Gasteiger partial charge in [0, 0.05) is 18.9 Å². The minimum absolute atomic E-state index is 0.0434. The van der Waals surface area contributed by atoms with Crippen LogP contribution in [0, 0.1) is 40.4 Å². The van der Waals surface area contributed by atoms with Gasteiger partial charge < -0.3 is 24.1 Å². The predicted molar refractivity (Wildman–Crippen MR) is 202 cm³/mol. The summed E-state index contributed by atoms with van der Waals surface area (Å²) in [5.41, 5.74) is 1.17. The highest BCUT2D eigenvalue weighted by atomic mass is 28.4. The number of benzene rings is 2. The molecular formula is C43H60O7Si. The number of aliphatic hydroxyl groups is 2. The van der Waals surface area contributed by atoms with Crippen molar-refractivity contribution in [2.75, 3.05) is 7.11 Å². The molecule has 2 aromatic carbocycles. The molecule has 0 saturated heterocycles. The summed E-state index contributed by atoms with van der Waals surface area (Å²) in [5.74, 6) is -0.547. The van der Waals surface area contributed by atoms with Crippen molar-refractivity contribution in [1.29, 1.82) is 0 Å². The smallest absolute Gasteiger partial charge is 0.337 e. The number of fused-ring (bicyclic) bond motifs is 5. The number of allylic oxidation sites excluding steroid dienone is 1. The number of carbonyl (C=O) groups is 2. The van der Waals surface area contributed by atoms with Crippen LogP contribution in [0.1, 0.15) is 93.4 Å². The first kappa shape index (κ1) is 38.0. The van der Waals surface area contributed by atoms with Crippen LogP contribution in [-0.4, -0.2) is 62.0 Å². The number of ether oxygens (including phenoxy) is 2. The quantitative estimate of drug-likeness (QED) is 0.172. The van der Waals surface area contributed by atoms with Crippen molar-refractivity contribution in [2.45, 2.75) is 123 Å². The van der Waals surface area contributed by atoms with Gasteiger partial charge in [-0.1, -0.05) is 114 Å². The maximum Gasteiger partial charge on any atom is 0.337 e. The fourth-order valence-corrected chi connectivity index (χ4v) is 16.2. The maximum atomic E-state index is 12.7. The molecule has 7 nitrogen and oxygen atoms in total. The molecule has 0 unspecified atom stereocenters. The van der Waals surface area contributed by atoms with E-state index in [2.05, 4.69) is 101 Å². The first-order valence-corrected chi connectivity index (χ1v) is 21.1. The van der Waals surface area contributed by atoms with Gasteiger partial charge in [0.05, 0.1) is 13.2 Å². The number of esters is 2. The average molecular weight is 717 g/mol. The number of aliphatic hydroxyl groups excluding tert-OH is 2. The third-order valence-corrected chi connectivity index (χ3v) is 19.2. The van der Waals surface area contributed by atoms with E-state index in [4.69, 9.17) is 13.9 Å². The molecule has 4 aliphatic carbocycles. The van der Waals surface area contributed by atoms with Crippen molar-refractivity contribution in [3.63, 3.8) is 0 Å². The highest BCUT2D eigenvalue weighted by Gasteiger charge is 2.63. The van der Waals surface area contributed by atoms with E-state index >= 15 is 0 Å². The first-order chi connectivity index (χ1) is 24.1. The third kappa shape index (κ3) is 6.46. The van der Waals surface area contributed by atoms with Gasteiger partial charge in [-0.05, 0) is 94.9 Å². The van der Waals surface area contributed by atoms with Crippen LogP contribution in [0.15, 0.2) is 72.3 Å². The minimum Gasteiger partial charge on any atom is -0.467 e. The van der Waals surface area contributed by atoms with Crippen molar-refractivity contribution in [2.24, 2.45) is 40.4 Å². The van der Waals surface area contributed by atoms with Gasteiger partial charge in [0.25, 0.3) is 8.32 Å². The Morgan fingerprint density at radius 3 is 2.08 bits per heavy atom. The zero-order valence-electron chi connectivity index (χ0n) is 31.9. The summed E-state index contributed by atoms with van der Waals surface area (Å²) in [4.78, 5) is 24.9. The second-order valence-corrected chi connectivity index (χ2v) is 21.9. The summed E-state index contributed by atoms with van der Waals surface area (Å²) in [6, 6.07) is 21.8. The van der Waals surface area contributed by atoms with E-state index in [0.717, 1.165) is 44.9 Å². The number of hydrogen-bond donors (Lipinski definition) is 2. The lowest BCUT2D eigenvalue weighted by atomic mass is 9.45. The molecule has 0 bridgehead atoms. The Labute approximate surface area is 306 Å². The van der Waals surface area contributed by atoms with Gasteiger partial charge in [0.1, 0.15) is 6.10 Å². The molecule has 0 aromatic heterocycles. The van der Waals surface area contributed by atoms with Gasteiger partial charge >= 0.3 is 11.9 Å². The van der Waals surface area contributed by atoms with Gasteiger partial charge in [-0.25, -0.2) is 4.79 Å². The van der Waals surface area contributed by atoms with E-state index in [-0.39, 0.29) is 51.8 Å². The zero-order valence-corrected chi connectivity index (χ0v) is 32.9. The fourth-order valence-electron chi connectivity index (χ4n) is 11.5. The van der Waals surface area contributed by atoms with Crippen LogP contribution in [-0.2, 0) is 23.5 Å². The number of methoxy groups -OCH3 is 1. The van der Waals surface area contributed by atoms with E-state index < -0.39 is 26.5 Å². The van der Waals surface area contributed by atoms with Gasteiger partial charge in [-0.15, -0.1) is 0 Å². The molecule has 3 saturated carbocycles. The van der Waals surface area contributed by atoms with E-state index in [1.807, 2.05) is 6.92 Å². The molecular weight excluding hydrogens is 657 g/mol. The molecule has 0 spiro atoms. The number of carbonyl (C=O) groups excluding carboxylic acids is 2. The molecule has 3 fully saturated rings. The summed E-state index contributed by atoms with van der Waals surface area (Å²) in [5, 5.41) is 24.1. The second-order valence-electron chi connectivity index (χ2n) is 17.7. The van der Waals surface area contributed by atoms with Crippen LogP contribution in [0.2, 0.25) is 5.04 Å². The Kier molecular flexibility index (Phi) is 10.6. The van der Waals surface area contributed by atoms with Crippen molar-refractivity contribution in [3.8, 4) is 0 Å². The van der Waals surface area contributed by atoms with E-state index in [1.54, 1.807) is 0 Å². The lowest BCUT2D eigenvalue weighted by Gasteiger charge is -2.62. The van der Waals surface area contributed by atoms with Crippen LogP contribution in [0.3, 0.4) is 0 Å². The maximum absolute atomic E-state index is 12.7. The molecule has 0 heterocycles. The largest absolute Gasteiger partial charge is 0.467 e. The molecule has 0 radical (unpaired) electrons. The highest BCUT2D eigenvalue weighted by Crippen LogP contribution is 2.67. The Balaban J connectivity index is 1.30. The van der Waals surface area contributed by atoms with Gasteiger partial charge in [0.2, 0.25) is 0 Å². The molecule has 6 rings (SSSR count). The lowest BCUT2D eigenvalue weighted by Crippen LogP contribution is -2.68. The minimum atomic E-state index is -2.73. The lowest BCUT2D eigenvalue weighted by molar-refractivity contribution is -0.171. The van der Waals surface area contributed by atoms with Crippen LogP contribution in [0.4, 0.5) is 0 Å². The predicted octanol–water partition coefficient (Wildman–Crippen LogP) is 6.58. The number of rotatable bonds is 9. The van der Waals surface area contributed by atoms with Crippen LogP contribution < -0.4 is 10.4 Å². The second kappa shape index (κ2) is 14.2. The topological polar surface area (TPSA) is 102 Å². The summed E-state index contributed by atoms with van der Waals surface area (Å²) in [6.45, 7) is 15.3. The molecule has 11 atom stereocenters. The van der Waals surface area contributed by atoms with Gasteiger partial charge in [-0.2, -0.15) is 0 Å². The molecule has 51 heavy (non-hydrogen) atoms. The molecule has 2 N–H and O–H groups in total. The van der Waals surface area contributed by atoms with Crippen molar-refractivity contribution < 1.29 is 33.7 Å². The Morgan fingerprint density at radius 2 is 1.53 bits per heavy atom. The van der Waals surface area contributed by atoms with Crippen molar-refractivity contribution >= 4 is 30.6 Å². The molecule has 4 aliphatic rings. The monoisotopic (exact) mass is 716 g/mol. The molecule has 2 aromatic rings. The first-order valence-electron chi connectivity index (χ1n) is 19.2. The third-order valence-electron chi connectivity index (χ3n) is 14.1. The van der Waals surface area contributed by atoms with Crippen LogP contribution in [0.25, 0.3) is 0 Å². The Hall–Kier alpha value is -2.78. The van der Waals surface area contributed by atoms with Crippen LogP contribution >= 0.6 is 0 Å². The molecule has 278 valence electrons. The standard InChI is InChI=1S/C43H60O7Si/c1-27(38(45)39(46)40(47)48-8)33-19-20-34-37-35(22-24-43(33,34)7)42(6)23-21-30(25-29(42)26-36(37)49-28(2)44)50-51(41(3,4)5,31-15-11-9-12-16-31)32-17-13-10-14-18-32/h9-18,20,27,29-30,33,35-39,45-46H,19,21-26H2,1-8H3/t27-,29-,30+,33+,35-,36+,37-,38-,39+,42-,43+/m0/s1. The van der Waals surface area contributed by atoms with E-state index in [0.29, 0.717) is 11.8 Å². The summed E-state index contributed by atoms with van der Waals surface area (Å²) >= 11 is 0. The summed E-state index contributed by atoms with van der Waals surface area (Å²) in [6.07, 6.45) is 5.88. The van der Waals surface area contributed by atoms with Crippen LogP contribution in [0.5, 0.6) is 0 Å². The summed E-state index contributed by atoms with van der Waals surface area (Å²) in [7, 11) is -1.51. The average Bonchev–Trinajstić information content (AvgIpc) is 3.46. The summed E-state index contributed by atoms with van der Waals surface area (Å²) < 4.78 is 18.7. The fraction of sp³-hybridized carbons (Fsp3) is 0.628.